The van der Waals surface area contributed by atoms with Gasteiger partial charge in [-0.2, -0.15) is 0 Å². The maximum absolute atomic E-state index is 9.32. The van der Waals surface area contributed by atoms with E-state index in [0.717, 1.165) is 12.8 Å². The number of aliphatic hydroxyl groups is 1. The average molecular weight is 170 g/mol. The van der Waals surface area contributed by atoms with Gasteiger partial charge in [0.25, 0.3) is 0 Å². The molecule has 0 saturated heterocycles. The van der Waals surface area contributed by atoms with Crippen molar-refractivity contribution in [3.63, 3.8) is 0 Å². The molecule has 0 aliphatic heterocycles. The van der Waals surface area contributed by atoms with Gasteiger partial charge in [0.05, 0.1) is 12.2 Å². The maximum atomic E-state index is 9.32. The van der Waals surface area contributed by atoms with Crippen LogP contribution in [0.1, 0.15) is 38.5 Å². The minimum Gasteiger partial charge on any atom is -0.393 e. The van der Waals surface area contributed by atoms with Crippen molar-refractivity contribution in [2.24, 2.45) is 5.41 Å². The molecule has 0 radical (unpaired) electrons. The number of rotatable bonds is 1. The summed E-state index contributed by atoms with van der Waals surface area (Å²) in [6, 6.07) is 0. The van der Waals surface area contributed by atoms with Crippen LogP contribution in [0.3, 0.4) is 0 Å². The van der Waals surface area contributed by atoms with E-state index < -0.39 is 0 Å². The number of aliphatic hydroxyl groups excluding tert-OH is 1. The zero-order valence-electron chi connectivity index (χ0n) is 7.75. The Balaban J connectivity index is 2.01. The van der Waals surface area contributed by atoms with E-state index in [1.165, 1.54) is 25.7 Å². The fraction of sp³-hybridized carbons (Fsp3) is 1.00. The van der Waals surface area contributed by atoms with Crippen LogP contribution in [0.25, 0.3) is 0 Å². The number of hydrogen-bond acceptors (Lipinski definition) is 2. The van der Waals surface area contributed by atoms with E-state index in [0.29, 0.717) is 11.5 Å². The monoisotopic (exact) mass is 170 g/mol. The quantitative estimate of drug-likeness (QED) is 0.649. The van der Waals surface area contributed by atoms with Crippen molar-refractivity contribution < 1.29 is 9.84 Å². The van der Waals surface area contributed by atoms with Crippen LogP contribution in [0.15, 0.2) is 0 Å². The SMILES string of the molecule is COC1CCCCC12CC(O)C2. The van der Waals surface area contributed by atoms with E-state index in [4.69, 9.17) is 4.74 Å². The van der Waals surface area contributed by atoms with Crippen molar-refractivity contribution in [2.45, 2.75) is 50.7 Å². The summed E-state index contributed by atoms with van der Waals surface area (Å²) >= 11 is 0. The van der Waals surface area contributed by atoms with Gasteiger partial charge in [-0.1, -0.05) is 12.8 Å². The molecule has 0 bridgehead atoms. The number of ether oxygens (including phenoxy) is 1. The zero-order chi connectivity index (χ0) is 8.60. The predicted octanol–water partition coefficient (Wildman–Crippen LogP) is 1.72. The van der Waals surface area contributed by atoms with Crippen molar-refractivity contribution in [2.75, 3.05) is 7.11 Å². The average Bonchev–Trinajstić information content (AvgIpc) is 2.03. The van der Waals surface area contributed by atoms with Crippen LogP contribution in [-0.2, 0) is 4.74 Å². The van der Waals surface area contributed by atoms with Crippen LogP contribution < -0.4 is 0 Å². The molecule has 2 saturated carbocycles. The molecular weight excluding hydrogens is 152 g/mol. The van der Waals surface area contributed by atoms with Gasteiger partial charge in [0.15, 0.2) is 0 Å². The molecule has 2 nitrogen and oxygen atoms in total. The third-order valence-corrected chi connectivity index (χ3v) is 3.64. The van der Waals surface area contributed by atoms with Crippen LogP contribution in [0, 0.1) is 5.41 Å². The van der Waals surface area contributed by atoms with Gasteiger partial charge < -0.3 is 9.84 Å². The lowest BCUT2D eigenvalue weighted by atomic mass is 9.58. The normalized spacial score (nSPS) is 47.5. The van der Waals surface area contributed by atoms with Crippen molar-refractivity contribution in [3.05, 3.63) is 0 Å². The van der Waals surface area contributed by atoms with Gasteiger partial charge in [0.1, 0.15) is 0 Å². The minimum atomic E-state index is -0.0410. The lowest BCUT2D eigenvalue weighted by Crippen LogP contribution is -2.51. The van der Waals surface area contributed by atoms with E-state index >= 15 is 0 Å². The molecule has 0 aromatic rings. The first-order chi connectivity index (χ1) is 5.77. The van der Waals surface area contributed by atoms with Gasteiger partial charge in [-0.15, -0.1) is 0 Å². The first kappa shape index (κ1) is 8.52. The van der Waals surface area contributed by atoms with Crippen LogP contribution >= 0.6 is 0 Å². The maximum Gasteiger partial charge on any atom is 0.0629 e. The number of hydrogen-bond donors (Lipinski definition) is 1. The molecule has 2 fully saturated rings. The van der Waals surface area contributed by atoms with E-state index in [9.17, 15) is 5.11 Å². The highest BCUT2D eigenvalue weighted by Crippen LogP contribution is 2.52. The summed E-state index contributed by atoms with van der Waals surface area (Å²) in [5.41, 5.74) is 0.367. The van der Waals surface area contributed by atoms with Crippen LogP contribution in [0.2, 0.25) is 0 Å². The molecule has 1 spiro atoms. The Morgan fingerprint density at radius 2 is 2.08 bits per heavy atom. The molecule has 2 aliphatic rings. The zero-order valence-corrected chi connectivity index (χ0v) is 7.75. The van der Waals surface area contributed by atoms with Gasteiger partial charge in [0.2, 0.25) is 0 Å². The summed E-state index contributed by atoms with van der Waals surface area (Å²) in [5.74, 6) is 0. The van der Waals surface area contributed by atoms with E-state index in [1.807, 2.05) is 7.11 Å². The van der Waals surface area contributed by atoms with Gasteiger partial charge in [-0.3, -0.25) is 0 Å². The number of methoxy groups -OCH3 is 1. The van der Waals surface area contributed by atoms with Gasteiger partial charge in [-0.05, 0) is 25.7 Å². The van der Waals surface area contributed by atoms with Gasteiger partial charge in [-0.25, -0.2) is 0 Å². The summed E-state index contributed by atoms with van der Waals surface area (Å²) in [5, 5.41) is 9.32. The minimum absolute atomic E-state index is 0.0410. The van der Waals surface area contributed by atoms with Crippen LogP contribution in [0.5, 0.6) is 0 Å². The fourth-order valence-corrected chi connectivity index (χ4v) is 2.99. The largest absolute Gasteiger partial charge is 0.393 e. The fourth-order valence-electron chi connectivity index (χ4n) is 2.99. The molecule has 70 valence electrons. The standard InChI is InChI=1S/C10H18O2/c1-12-9-4-2-3-5-10(9)6-8(11)7-10/h8-9,11H,2-7H2,1H3. The summed E-state index contributed by atoms with van der Waals surface area (Å²) in [4.78, 5) is 0. The molecule has 1 N–H and O–H groups in total. The van der Waals surface area contributed by atoms with Gasteiger partial charge in [0, 0.05) is 12.5 Å². The highest BCUT2D eigenvalue weighted by atomic mass is 16.5. The Morgan fingerprint density at radius 1 is 1.33 bits per heavy atom. The third kappa shape index (κ3) is 1.17. The Morgan fingerprint density at radius 3 is 2.67 bits per heavy atom. The van der Waals surface area contributed by atoms with Crippen molar-refractivity contribution in [3.8, 4) is 0 Å². The lowest BCUT2D eigenvalue weighted by Gasteiger charge is -2.52. The molecule has 12 heavy (non-hydrogen) atoms. The Labute approximate surface area is 73.9 Å². The first-order valence-corrected chi connectivity index (χ1v) is 4.98. The second-order valence-corrected chi connectivity index (χ2v) is 4.39. The molecule has 1 atom stereocenters. The van der Waals surface area contributed by atoms with Crippen molar-refractivity contribution in [1.82, 2.24) is 0 Å². The smallest absolute Gasteiger partial charge is 0.0629 e. The Bertz CT molecular complexity index is 156. The summed E-state index contributed by atoms with van der Waals surface area (Å²) < 4.78 is 5.49. The second kappa shape index (κ2) is 3.00. The van der Waals surface area contributed by atoms with Crippen molar-refractivity contribution >= 4 is 0 Å². The van der Waals surface area contributed by atoms with E-state index in [1.54, 1.807) is 0 Å². The Kier molecular flexibility index (Phi) is 2.13. The van der Waals surface area contributed by atoms with E-state index in [-0.39, 0.29) is 6.10 Å². The molecular formula is C10H18O2. The summed E-state index contributed by atoms with van der Waals surface area (Å²) in [6.45, 7) is 0. The van der Waals surface area contributed by atoms with Crippen molar-refractivity contribution in [1.29, 1.82) is 0 Å². The Hall–Kier alpha value is -0.0800. The highest BCUT2D eigenvalue weighted by molar-refractivity contribution is 5.00. The molecule has 1 unspecified atom stereocenters. The van der Waals surface area contributed by atoms with E-state index in [2.05, 4.69) is 0 Å². The summed E-state index contributed by atoms with van der Waals surface area (Å²) in [7, 11) is 1.81. The van der Waals surface area contributed by atoms with Crippen LogP contribution in [0.4, 0.5) is 0 Å². The van der Waals surface area contributed by atoms with Crippen LogP contribution in [-0.4, -0.2) is 24.4 Å². The lowest BCUT2D eigenvalue weighted by molar-refractivity contribution is -0.141. The molecule has 2 rings (SSSR count). The predicted molar refractivity (Wildman–Crippen MR) is 46.9 cm³/mol. The molecule has 0 aromatic heterocycles. The van der Waals surface area contributed by atoms with Gasteiger partial charge >= 0.3 is 0 Å². The summed E-state index contributed by atoms with van der Waals surface area (Å²) in [6.07, 6.45) is 7.43. The third-order valence-electron chi connectivity index (χ3n) is 3.64. The molecule has 0 aromatic carbocycles. The second-order valence-electron chi connectivity index (χ2n) is 4.39. The highest BCUT2D eigenvalue weighted by Gasteiger charge is 2.50. The topological polar surface area (TPSA) is 29.5 Å². The molecule has 2 heteroatoms. The first-order valence-electron chi connectivity index (χ1n) is 4.98. The molecule has 2 aliphatic carbocycles. The molecule has 0 heterocycles. The molecule has 0 amide bonds.